The Morgan fingerprint density at radius 3 is 2.49 bits per heavy atom. The minimum Gasteiger partial charge on any atom is -0.493 e. The molecular weight excluding hydrogens is 454 g/mol. The van der Waals surface area contributed by atoms with Crippen LogP contribution in [0.4, 0.5) is 11.4 Å². The Labute approximate surface area is 199 Å². The number of hydrogen-bond acceptors (Lipinski definition) is 7. The predicted molar refractivity (Wildman–Crippen MR) is 126 cm³/mol. The molecule has 0 fully saturated rings. The molecule has 1 amide bonds. The Balaban J connectivity index is 1.73. The number of anilines is 1. The van der Waals surface area contributed by atoms with Crippen molar-refractivity contribution in [1.82, 2.24) is 0 Å². The first kappa shape index (κ1) is 24.5. The number of aromatic carboxylic acids is 1. The molecule has 0 unspecified atom stereocenters. The van der Waals surface area contributed by atoms with E-state index in [1.54, 1.807) is 30.3 Å². The first-order valence-corrected chi connectivity index (χ1v) is 10.1. The predicted octanol–water partition coefficient (Wildman–Crippen LogP) is 4.43. The van der Waals surface area contributed by atoms with Gasteiger partial charge in [-0.15, -0.1) is 0 Å². The van der Waals surface area contributed by atoms with Gasteiger partial charge in [0.1, 0.15) is 18.2 Å². The molecule has 0 bridgehead atoms. The molecule has 0 saturated carbocycles. The highest BCUT2D eigenvalue weighted by molar-refractivity contribution is 6.09. The van der Waals surface area contributed by atoms with E-state index < -0.39 is 16.8 Å². The third-order valence-corrected chi connectivity index (χ3v) is 4.77. The average molecular weight is 473 g/mol. The fourth-order valence-electron chi connectivity index (χ4n) is 3.01. The summed E-state index contributed by atoms with van der Waals surface area (Å²) < 4.78 is 11.1. The van der Waals surface area contributed by atoms with Crippen LogP contribution in [-0.4, -0.2) is 29.0 Å². The molecule has 10 heteroatoms. The van der Waals surface area contributed by atoms with Crippen molar-refractivity contribution in [3.05, 3.63) is 99.1 Å². The van der Waals surface area contributed by atoms with Crippen LogP contribution < -0.4 is 14.8 Å². The number of carboxylic acid groups (broad SMARTS) is 1. The van der Waals surface area contributed by atoms with Gasteiger partial charge in [0.2, 0.25) is 0 Å². The highest BCUT2D eigenvalue weighted by atomic mass is 16.6. The highest BCUT2D eigenvalue weighted by Gasteiger charge is 2.13. The van der Waals surface area contributed by atoms with Crippen LogP contribution in [0.1, 0.15) is 21.5 Å². The number of nitro groups is 1. The number of methoxy groups -OCH3 is 1. The maximum atomic E-state index is 12.5. The molecule has 10 nitrogen and oxygen atoms in total. The zero-order chi connectivity index (χ0) is 25.4. The second-order valence-electron chi connectivity index (χ2n) is 7.13. The first-order chi connectivity index (χ1) is 16.8. The molecule has 0 heterocycles. The lowest BCUT2D eigenvalue weighted by Gasteiger charge is -2.12. The standard InChI is InChI=1S/C25H19N3O7/c1-34-23-12-17(7-10-22(23)35-15-16-5-8-18(9-6-16)25(30)31)11-19(14-26)24(29)27-20-3-2-4-21(13-20)28(32)33/h2-13H,15H2,1H3,(H,27,29)(H,30,31)/b19-11+. The normalized spacial score (nSPS) is 10.7. The van der Waals surface area contributed by atoms with Crippen LogP contribution in [0.25, 0.3) is 6.08 Å². The number of carbonyl (C=O) groups is 2. The molecule has 0 aliphatic carbocycles. The summed E-state index contributed by atoms with van der Waals surface area (Å²) in [5.74, 6) is -0.973. The maximum absolute atomic E-state index is 12.5. The lowest BCUT2D eigenvalue weighted by molar-refractivity contribution is -0.384. The van der Waals surface area contributed by atoms with Gasteiger partial charge in [-0.05, 0) is 47.5 Å². The number of hydrogen-bond donors (Lipinski definition) is 2. The van der Waals surface area contributed by atoms with Gasteiger partial charge >= 0.3 is 5.97 Å². The van der Waals surface area contributed by atoms with Gasteiger partial charge in [0.05, 0.1) is 17.6 Å². The molecule has 0 aromatic heterocycles. The largest absolute Gasteiger partial charge is 0.493 e. The van der Waals surface area contributed by atoms with Gasteiger partial charge in [0.25, 0.3) is 11.6 Å². The lowest BCUT2D eigenvalue weighted by atomic mass is 10.1. The second-order valence-corrected chi connectivity index (χ2v) is 7.13. The van der Waals surface area contributed by atoms with Crippen molar-refractivity contribution in [2.24, 2.45) is 0 Å². The minimum atomic E-state index is -1.02. The van der Waals surface area contributed by atoms with E-state index in [-0.39, 0.29) is 29.1 Å². The summed E-state index contributed by atoms with van der Waals surface area (Å²) in [6, 6.07) is 18.3. The minimum absolute atomic E-state index is 0.167. The van der Waals surface area contributed by atoms with E-state index in [0.717, 1.165) is 5.56 Å². The van der Waals surface area contributed by atoms with Crippen LogP contribution in [0.5, 0.6) is 11.5 Å². The molecule has 0 spiro atoms. The van der Waals surface area contributed by atoms with Gasteiger partial charge in [-0.2, -0.15) is 5.26 Å². The smallest absolute Gasteiger partial charge is 0.335 e. The molecule has 2 N–H and O–H groups in total. The Bertz CT molecular complexity index is 1340. The van der Waals surface area contributed by atoms with E-state index >= 15 is 0 Å². The average Bonchev–Trinajstić information content (AvgIpc) is 2.86. The molecule has 0 aliphatic rings. The quantitative estimate of drug-likeness (QED) is 0.200. The van der Waals surface area contributed by atoms with Gasteiger partial charge in [0.15, 0.2) is 11.5 Å². The number of nitro benzene ring substituents is 1. The molecule has 176 valence electrons. The molecule has 0 aliphatic heterocycles. The van der Waals surface area contributed by atoms with Crippen LogP contribution in [0.2, 0.25) is 0 Å². The molecule has 35 heavy (non-hydrogen) atoms. The van der Waals surface area contributed by atoms with E-state index in [1.165, 1.54) is 49.6 Å². The number of carbonyl (C=O) groups excluding carboxylic acids is 1. The fourth-order valence-corrected chi connectivity index (χ4v) is 3.01. The summed E-state index contributed by atoms with van der Waals surface area (Å²) in [5.41, 5.74) is 1.19. The van der Waals surface area contributed by atoms with Gasteiger partial charge in [-0.1, -0.05) is 24.3 Å². The van der Waals surface area contributed by atoms with E-state index in [2.05, 4.69) is 5.32 Å². The number of rotatable bonds is 9. The number of nitriles is 1. The van der Waals surface area contributed by atoms with Crippen LogP contribution in [0.15, 0.2) is 72.3 Å². The Morgan fingerprint density at radius 2 is 1.86 bits per heavy atom. The van der Waals surface area contributed by atoms with Crippen LogP contribution >= 0.6 is 0 Å². The van der Waals surface area contributed by atoms with Crippen molar-refractivity contribution in [2.75, 3.05) is 12.4 Å². The van der Waals surface area contributed by atoms with Gasteiger partial charge in [-0.3, -0.25) is 14.9 Å². The van der Waals surface area contributed by atoms with E-state index in [9.17, 15) is 25.0 Å². The zero-order valence-electron chi connectivity index (χ0n) is 18.4. The third-order valence-electron chi connectivity index (χ3n) is 4.77. The summed E-state index contributed by atoms with van der Waals surface area (Å²) in [7, 11) is 1.44. The monoisotopic (exact) mass is 473 g/mol. The second kappa shape index (κ2) is 11.1. The maximum Gasteiger partial charge on any atom is 0.335 e. The van der Waals surface area contributed by atoms with Crippen LogP contribution in [0, 0.1) is 21.4 Å². The number of carboxylic acids is 1. The molecule has 0 atom stereocenters. The fraction of sp³-hybridized carbons (Fsp3) is 0.0800. The van der Waals surface area contributed by atoms with Crippen molar-refractivity contribution in [1.29, 1.82) is 5.26 Å². The van der Waals surface area contributed by atoms with Gasteiger partial charge in [-0.25, -0.2) is 4.79 Å². The van der Waals surface area contributed by atoms with E-state index in [0.29, 0.717) is 17.1 Å². The summed E-state index contributed by atoms with van der Waals surface area (Å²) in [6.45, 7) is 0.167. The number of amides is 1. The summed E-state index contributed by atoms with van der Waals surface area (Å²) >= 11 is 0. The third kappa shape index (κ3) is 6.43. The van der Waals surface area contributed by atoms with Crippen LogP contribution in [-0.2, 0) is 11.4 Å². The molecule has 3 aromatic carbocycles. The van der Waals surface area contributed by atoms with Gasteiger partial charge in [0, 0.05) is 17.8 Å². The van der Waals surface area contributed by atoms with E-state index in [4.69, 9.17) is 14.6 Å². The number of nitrogens with zero attached hydrogens (tertiary/aromatic N) is 2. The lowest BCUT2D eigenvalue weighted by Crippen LogP contribution is -2.13. The van der Waals surface area contributed by atoms with Crippen molar-refractivity contribution in [3.63, 3.8) is 0 Å². The Morgan fingerprint density at radius 1 is 1.11 bits per heavy atom. The highest BCUT2D eigenvalue weighted by Crippen LogP contribution is 2.30. The number of nitrogens with one attached hydrogen (secondary N) is 1. The van der Waals surface area contributed by atoms with Crippen molar-refractivity contribution in [2.45, 2.75) is 6.61 Å². The summed E-state index contributed by atoms with van der Waals surface area (Å²) in [6.07, 6.45) is 1.35. The van der Waals surface area contributed by atoms with Crippen molar-refractivity contribution in [3.8, 4) is 17.6 Å². The molecule has 3 aromatic rings. The molecule has 0 saturated heterocycles. The molecule has 3 rings (SSSR count). The zero-order valence-corrected chi connectivity index (χ0v) is 18.4. The van der Waals surface area contributed by atoms with E-state index in [1.807, 2.05) is 6.07 Å². The van der Waals surface area contributed by atoms with Crippen molar-refractivity contribution >= 4 is 29.3 Å². The number of ether oxygens (including phenoxy) is 2. The SMILES string of the molecule is COc1cc(/C=C(\C#N)C(=O)Nc2cccc([N+](=O)[O-])c2)ccc1OCc1ccc(C(=O)O)cc1. The summed E-state index contributed by atoms with van der Waals surface area (Å²) in [5, 5.41) is 31.8. The Hall–Kier alpha value is -5.17. The molecular formula is C25H19N3O7. The number of non-ortho nitro benzene ring substituents is 1. The first-order valence-electron chi connectivity index (χ1n) is 10.1. The summed E-state index contributed by atoms with van der Waals surface area (Å²) in [4.78, 5) is 33.8. The van der Waals surface area contributed by atoms with Crippen LogP contribution in [0.3, 0.4) is 0 Å². The number of benzene rings is 3. The van der Waals surface area contributed by atoms with Gasteiger partial charge < -0.3 is 19.9 Å². The Kier molecular flexibility index (Phi) is 7.77. The van der Waals surface area contributed by atoms with Crippen molar-refractivity contribution < 1.29 is 29.1 Å². The molecule has 0 radical (unpaired) electrons. The topological polar surface area (TPSA) is 152 Å².